The molecule has 2 aromatic heterocycles. The van der Waals surface area contributed by atoms with E-state index in [0.717, 1.165) is 6.54 Å². The van der Waals surface area contributed by atoms with Crippen molar-refractivity contribution in [3.05, 3.63) is 40.1 Å². The lowest BCUT2D eigenvalue weighted by Crippen LogP contribution is -2.38. The van der Waals surface area contributed by atoms with Crippen LogP contribution in [-0.2, 0) is 11.2 Å². The van der Waals surface area contributed by atoms with E-state index in [4.69, 9.17) is 0 Å². The first-order chi connectivity index (χ1) is 13.6. The number of rotatable bonds is 7. The van der Waals surface area contributed by atoms with Crippen LogP contribution in [0.15, 0.2) is 23.3 Å². The van der Waals surface area contributed by atoms with Crippen molar-refractivity contribution in [2.75, 3.05) is 13.1 Å². The summed E-state index contributed by atoms with van der Waals surface area (Å²) in [6.07, 6.45) is 10.8. The highest BCUT2D eigenvalue weighted by molar-refractivity contribution is 5.85. The number of aromatic amines is 1. The van der Waals surface area contributed by atoms with Crippen molar-refractivity contribution in [2.24, 2.45) is 0 Å². The van der Waals surface area contributed by atoms with Gasteiger partial charge in [0.25, 0.3) is 5.56 Å². The summed E-state index contributed by atoms with van der Waals surface area (Å²) in [4.78, 5) is 39.8. The van der Waals surface area contributed by atoms with Gasteiger partial charge in [-0.3, -0.25) is 9.59 Å². The number of aromatic nitrogens is 4. The number of H-pyrrole nitrogens is 1. The highest BCUT2D eigenvalue weighted by Gasteiger charge is 2.15. The van der Waals surface area contributed by atoms with E-state index in [-0.39, 0.29) is 30.3 Å². The Balaban J connectivity index is 0.00000300. The van der Waals surface area contributed by atoms with E-state index < -0.39 is 0 Å². The zero-order chi connectivity index (χ0) is 19.8. The number of nitrogens with zero attached hydrogens (tertiary/aromatic N) is 3. The van der Waals surface area contributed by atoms with E-state index in [0.29, 0.717) is 35.5 Å². The molecule has 2 heterocycles. The van der Waals surface area contributed by atoms with E-state index in [9.17, 15) is 9.59 Å². The molecule has 3 rings (SSSR count). The summed E-state index contributed by atoms with van der Waals surface area (Å²) >= 11 is 0. The summed E-state index contributed by atoms with van der Waals surface area (Å²) in [7, 11) is 0. The van der Waals surface area contributed by atoms with Crippen LogP contribution in [0.3, 0.4) is 0 Å². The minimum Gasteiger partial charge on any atom is -0.355 e. The molecule has 0 spiro atoms. The molecule has 1 aliphatic rings. The molecule has 0 unspecified atom stereocenters. The van der Waals surface area contributed by atoms with Gasteiger partial charge in [0.15, 0.2) is 11.6 Å². The minimum absolute atomic E-state index is 0. The Hall–Kier alpha value is -2.32. The Morgan fingerprint density at radius 1 is 1.14 bits per heavy atom. The van der Waals surface area contributed by atoms with Crippen LogP contribution in [0.4, 0.5) is 0 Å². The summed E-state index contributed by atoms with van der Waals surface area (Å²) < 4.78 is 0. The van der Waals surface area contributed by atoms with Crippen LogP contribution >= 0.6 is 12.4 Å². The van der Waals surface area contributed by atoms with Crippen molar-refractivity contribution in [1.29, 1.82) is 0 Å². The molecule has 0 saturated heterocycles. The second-order valence-corrected chi connectivity index (χ2v) is 7.22. The van der Waals surface area contributed by atoms with E-state index in [2.05, 4.69) is 30.6 Å². The van der Waals surface area contributed by atoms with Gasteiger partial charge in [-0.2, -0.15) is 0 Å². The quantitative estimate of drug-likeness (QED) is 0.466. The van der Waals surface area contributed by atoms with Crippen LogP contribution in [0.1, 0.15) is 49.8 Å². The molecule has 0 atom stereocenters. The molecule has 0 bridgehead atoms. The summed E-state index contributed by atoms with van der Waals surface area (Å²) in [5.41, 5.74) is 0.550. The second-order valence-electron chi connectivity index (χ2n) is 7.22. The standard InChI is InChI=1S/C20H28N6O2.ClH/c1-14-16(20(28)26-19(25-14)18-23-9-6-10-24-18)13-17(27)22-12-11-21-15-7-4-2-3-5-8-15;/h6,9-10,15,21H,2-5,7-8,11-13H2,1H3,(H,22,27)(H,25,26,28);1H. The van der Waals surface area contributed by atoms with E-state index in [1.54, 1.807) is 25.4 Å². The maximum absolute atomic E-state index is 12.4. The summed E-state index contributed by atoms with van der Waals surface area (Å²) in [6.45, 7) is 3.02. The number of amides is 1. The molecular formula is C20H29ClN6O2. The fourth-order valence-corrected chi connectivity index (χ4v) is 3.53. The van der Waals surface area contributed by atoms with Gasteiger partial charge >= 0.3 is 0 Å². The van der Waals surface area contributed by atoms with Crippen LogP contribution in [-0.4, -0.2) is 45.0 Å². The lowest BCUT2D eigenvalue weighted by atomic mass is 10.1. The van der Waals surface area contributed by atoms with Gasteiger partial charge in [-0.25, -0.2) is 15.0 Å². The molecule has 9 heteroatoms. The van der Waals surface area contributed by atoms with Gasteiger partial charge in [0, 0.05) is 42.8 Å². The third-order valence-electron chi connectivity index (χ3n) is 5.07. The Morgan fingerprint density at radius 3 is 2.48 bits per heavy atom. The molecule has 1 fully saturated rings. The van der Waals surface area contributed by atoms with Crippen molar-refractivity contribution >= 4 is 18.3 Å². The molecule has 0 aromatic carbocycles. The Bertz CT molecular complexity index is 835. The van der Waals surface area contributed by atoms with Gasteiger partial charge in [0.05, 0.1) is 6.42 Å². The minimum atomic E-state index is -0.332. The van der Waals surface area contributed by atoms with Crippen molar-refractivity contribution in [3.63, 3.8) is 0 Å². The van der Waals surface area contributed by atoms with Crippen molar-refractivity contribution in [2.45, 2.75) is 57.9 Å². The number of aryl methyl sites for hydroxylation is 1. The molecule has 8 nitrogen and oxygen atoms in total. The van der Waals surface area contributed by atoms with Crippen LogP contribution in [0, 0.1) is 6.92 Å². The molecule has 3 N–H and O–H groups in total. The molecule has 29 heavy (non-hydrogen) atoms. The highest BCUT2D eigenvalue weighted by atomic mass is 35.5. The van der Waals surface area contributed by atoms with Gasteiger partial charge in [0.1, 0.15) is 0 Å². The molecule has 1 amide bonds. The second kappa shape index (κ2) is 11.6. The zero-order valence-electron chi connectivity index (χ0n) is 16.7. The van der Waals surface area contributed by atoms with Crippen LogP contribution in [0.25, 0.3) is 11.6 Å². The number of hydrogen-bond donors (Lipinski definition) is 3. The number of carbonyl (C=O) groups excluding carboxylic acids is 1. The third-order valence-corrected chi connectivity index (χ3v) is 5.07. The first-order valence-electron chi connectivity index (χ1n) is 10.0. The largest absolute Gasteiger partial charge is 0.355 e. The van der Waals surface area contributed by atoms with Gasteiger partial charge in [-0.15, -0.1) is 12.4 Å². The fraction of sp³-hybridized carbons (Fsp3) is 0.550. The van der Waals surface area contributed by atoms with E-state index >= 15 is 0 Å². The lowest BCUT2D eigenvalue weighted by Gasteiger charge is -2.16. The number of nitrogens with one attached hydrogen (secondary N) is 3. The Kier molecular flexibility index (Phi) is 9.21. The van der Waals surface area contributed by atoms with Gasteiger partial charge in [-0.1, -0.05) is 25.7 Å². The third kappa shape index (κ3) is 6.90. The van der Waals surface area contributed by atoms with Crippen molar-refractivity contribution in [1.82, 2.24) is 30.6 Å². The van der Waals surface area contributed by atoms with E-state index in [1.807, 2.05) is 0 Å². The topological polar surface area (TPSA) is 113 Å². The molecule has 0 aliphatic heterocycles. The van der Waals surface area contributed by atoms with Gasteiger partial charge < -0.3 is 15.6 Å². The monoisotopic (exact) mass is 420 g/mol. The molecule has 158 valence electrons. The van der Waals surface area contributed by atoms with Crippen LogP contribution < -0.4 is 16.2 Å². The van der Waals surface area contributed by atoms with Crippen molar-refractivity contribution < 1.29 is 4.79 Å². The maximum atomic E-state index is 12.4. The predicted octanol–water partition coefficient (Wildman–Crippen LogP) is 1.93. The Morgan fingerprint density at radius 2 is 1.83 bits per heavy atom. The van der Waals surface area contributed by atoms with Gasteiger partial charge in [-0.05, 0) is 25.8 Å². The SMILES string of the molecule is Cc1nc(-c2ncccn2)[nH]c(=O)c1CC(=O)NCCNC1CCCCCC1.Cl. The summed E-state index contributed by atoms with van der Waals surface area (Å²) in [6, 6.07) is 2.25. The summed E-state index contributed by atoms with van der Waals surface area (Å²) in [5.74, 6) is 0.477. The zero-order valence-corrected chi connectivity index (χ0v) is 17.6. The first kappa shape index (κ1) is 23.0. The van der Waals surface area contributed by atoms with Crippen LogP contribution in [0.2, 0.25) is 0 Å². The maximum Gasteiger partial charge on any atom is 0.255 e. The highest BCUT2D eigenvalue weighted by Crippen LogP contribution is 2.16. The van der Waals surface area contributed by atoms with E-state index in [1.165, 1.54) is 38.5 Å². The smallest absolute Gasteiger partial charge is 0.255 e. The summed E-state index contributed by atoms with van der Waals surface area (Å²) in [5, 5.41) is 6.40. The molecule has 0 radical (unpaired) electrons. The first-order valence-corrected chi connectivity index (χ1v) is 10.0. The molecule has 1 saturated carbocycles. The van der Waals surface area contributed by atoms with Crippen LogP contribution in [0.5, 0.6) is 0 Å². The number of carbonyl (C=O) groups is 1. The predicted molar refractivity (Wildman–Crippen MR) is 114 cm³/mol. The lowest BCUT2D eigenvalue weighted by molar-refractivity contribution is -0.120. The molecule has 2 aromatic rings. The molecule has 1 aliphatic carbocycles. The normalized spacial score (nSPS) is 14.7. The average molecular weight is 421 g/mol. The van der Waals surface area contributed by atoms with Crippen molar-refractivity contribution in [3.8, 4) is 11.6 Å². The van der Waals surface area contributed by atoms with Gasteiger partial charge in [0.2, 0.25) is 5.91 Å². The average Bonchev–Trinajstić information content (AvgIpc) is 2.97. The Labute approximate surface area is 176 Å². The number of hydrogen-bond acceptors (Lipinski definition) is 6. The number of halogens is 1. The molecular weight excluding hydrogens is 392 g/mol. The fourth-order valence-electron chi connectivity index (χ4n) is 3.53.